The van der Waals surface area contributed by atoms with E-state index in [1.807, 2.05) is 6.07 Å². The number of benzene rings is 1. The van der Waals surface area contributed by atoms with Gasteiger partial charge in [0.1, 0.15) is 17.2 Å². The molecule has 6 heteroatoms. The molecule has 0 N–H and O–H groups in total. The van der Waals surface area contributed by atoms with Crippen molar-refractivity contribution in [3.05, 3.63) is 35.4 Å². The van der Waals surface area contributed by atoms with Crippen molar-refractivity contribution >= 4 is 23.8 Å². The lowest BCUT2D eigenvalue weighted by atomic mass is 10.1. The Bertz CT molecular complexity index is 664. The van der Waals surface area contributed by atoms with Crippen molar-refractivity contribution in [2.24, 2.45) is 0 Å². The molecule has 1 aromatic carbocycles. The van der Waals surface area contributed by atoms with Crippen molar-refractivity contribution in [2.45, 2.75) is 33.3 Å². The molecule has 0 fully saturated rings. The summed E-state index contributed by atoms with van der Waals surface area (Å²) in [5, 5.41) is 9.02. The van der Waals surface area contributed by atoms with E-state index in [1.165, 1.54) is 11.0 Å². The Kier molecular flexibility index (Phi) is 6.54. The Hall–Kier alpha value is -2.81. The van der Waals surface area contributed by atoms with E-state index in [-0.39, 0.29) is 12.2 Å². The van der Waals surface area contributed by atoms with E-state index in [1.54, 1.807) is 59.0 Å². The quantitative estimate of drug-likeness (QED) is 0.479. The fraction of sp³-hybridized carbons (Fsp3) is 0.389. The maximum Gasteiger partial charge on any atom is 0.414 e. The second kappa shape index (κ2) is 8.16. The Labute approximate surface area is 142 Å². The lowest BCUT2D eigenvalue weighted by molar-refractivity contribution is -0.137. The Balaban J connectivity index is 2.91. The van der Waals surface area contributed by atoms with Crippen LogP contribution in [0.4, 0.5) is 10.5 Å². The smallest absolute Gasteiger partial charge is 0.414 e. The number of rotatable bonds is 4. The van der Waals surface area contributed by atoms with Gasteiger partial charge in [0, 0.05) is 12.7 Å². The first kappa shape index (κ1) is 19.2. The number of anilines is 1. The van der Waals surface area contributed by atoms with Gasteiger partial charge in [0.2, 0.25) is 0 Å². The summed E-state index contributed by atoms with van der Waals surface area (Å²) in [6.45, 7) is 7.27. The fourth-order valence-corrected chi connectivity index (χ4v) is 1.74. The summed E-state index contributed by atoms with van der Waals surface area (Å²) < 4.78 is 10.1. The van der Waals surface area contributed by atoms with Crippen molar-refractivity contribution in [3.8, 4) is 6.07 Å². The summed E-state index contributed by atoms with van der Waals surface area (Å²) in [5.41, 5.74) is 0.636. The molecule has 0 aliphatic heterocycles. The van der Waals surface area contributed by atoms with Gasteiger partial charge in [0.05, 0.1) is 6.61 Å². The first-order chi connectivity index (χ1) is 11.2. The summed E-state index contributed by atoms with van der Waals surface area (Å²) in [6.07, 6.45) is 0.977. The minimum absolute atomic E-state index is 0.0786. The molecule has 128 valence electrons. The monoisotopic (exact) mass is 330 g/mol. The third kappa shape index (κ3) is 5.76. The number of ether oxygens (including phenoxy) is 2. The molecule has 6 nitrogen and oxygen atoms in total. The average Bonchev–Trinajstić information content (AvgIpc) is 2.51. The number of amides is 1. The van der Waals surface area contributed by atoms with E-state index in [0.717, 1.165) is 0 Å². The number of nitriles is 1. The highest BCUT2D eigenvalue weighted by Crippen LogP contribution is 2.19. The zero-order valence-corrected chi connectivity index (χ0v) is 14.6. The summed E-state index contributed by atoms with van der Waals surface area (Å²) in [6, 6.07) is 8.63. The maximum atomic E-state index is 12.0. The highest BCUT2D eigenvalue weighted by atomic mass is 16.6. The molecule has 0 radical (unpaired) electrons. The highest BCUT2D eigenvalue weighted by Gasteiger charge is 2.20. The van der Waals surface area contributed by atoms with Gasteiger partial charge in [0.15, 0.2) is 0 Å². The van der Waals surface area contributed by atoms with Gasteiger partial charge in [-0.1, -0.05) is 12.1 Å². The largest absolute Gasteiger partial charge is 0.462 e. The molecule has 0 saturated heterocycles. The molecular formula is C18H22N2O4. The Morgan fingerprint density at radius 1 is 1.25 bits per heavy atom. The van der Waals surface area contributed by atoms with Gasteiger partial charge >= 0.3 is 12.1 Å². The molecule has 0 aliphatic rings. The summed E-state index contributed by atoms with van der Waals surface area (Å²) in [5.74, 6) is -0.657. The topological polar surface area (TPSA) is 79.6 Å². The number of esters is 1. The van der Waals surface area contributed by atoms with Gasteiger partial charge in [-0.2, -0.15) is 5.26 Å². The van der Waals surface area contributed by atoms with Crippen molar-refractivity contribution in [2.75, 3.05) is 18.6 Å². The van der Waals surface area contributed by atoms with Gasteiger partial charge < -0.3 is 9.47 Å². The number of hydrogen-bond acceptors (Lipinski definition) is 5. The van der Waals surface area contributed by atoms with Gasteiger partial charge in [-0.25, -0.2) is 9.59 Å². The lowest BCUT2D eigenvalue weighted by Gasteiger charge is -2.24. The van der Waals surface area contributed by atoms with Crippen LogP contribution in [-0.2, 0) is 14.3 Å². The standard InChI is InChI=1S/C18H22N2O4/c1-6-23-16(21)14(12-19)11-13-7-9-15(10-8-13)20(5)17(22)24-18(2,3)4/h7-11H,6H2,1-5H3/b14-11+. The van der Waals surface area contributed by atoms with Crippen molar-refractivity contribution in [1.29, 1.82) is 5.26 Å². The Morgan fingerprint density at radius 3 is 2.29 bits per heavy atom. The second-order valence-corrected chi connectivity index (χ2v) is 6.02. The van der Waals surface area contributed by atoms with Crippen molar-refractivity contribution < 1.29 is 19.1 Å². The van der Waals surface area contributed by atoms with E-state index in [4.69, 9.17) is 14.7 Å². The average molecular weight is 330 g/mol. The van der Waals surface area contributed by atoms with Crippen LogP contribution in [0.25, 0.3) is 6.08 Å². The van der Waals surface area contributed by atoms with Crippen LogP contribution in [0.3, 0.4) is 0 Å². The number of nitrogens with zero attached hydrogens (tertiary/aromatic N) is 2. The van der Waals surface area contributed by atoms with E-state index in [0.29, 0.717) is 11.3 Å². The summed E-state index contributed by atoms with van der Waals surface area (Å²) >= 11 is 0. The molecule has 1 aromatic rings. The molecule has 1 rings (SSSR count). The molecule has 24 heavy (non-hydrogen) atoms. The maximum absolute atomic E-state index is 12.0. The highest BCUT2D eigenvalue weighted by molar-refractivity contribution is 5.98. The van der Waals surface area contributed by atoms with Crippen LogP contribution in [0.5, 0.6) is 0 Å². The van der Waals surface area contributed by atoms with Gasteiger partial charge in [-0.15, -0.1) is 0 Å². The molecule has 0 aromatic heterocycles. The van der Waals surface area contributed by atoms with Crippen LogP contribution in [0, 0.1) is 11.3 Å². The van der Waals surface area contributed by atoms with Crippen LogP contribution < -0.4 is 4.90 Å². The molecule has 0 bridgehead atoms. The normalized spacial score (nSPS) is 11.4. The predicted molar refractivity (Wildman–Crippen MR) is 91.3 cm³/mol. The Morgan fingerprint density at radius 2 is 1.83 bits per heavy atom. The molecule has 0 heterocycles. The van der Waals surface area contributed by atoms with Gasteiger partial charge in [-0.05, 0) is 51.5 Å². The third-order valence-electron chi connectivity index (χ3n) is 2.87. The molecule has 0 atom stereocenters. The summed E-state index contributed by atoms with van der Waals surface area (Å²) in [7, 11) is 1.61. The number of carbonyl (C=O) groups excluding carboxylic acids is 2. The molecule has 0 spiro atoms. The molecule has 0 unspecified atom stereocenters. The van der Waals surface area contributed by atoms with Crippen LogP contribution in [0.2, 0.25) is 0 Å². The van der Waals surface area contributed by atoms with Crippen molar-refractivity contribution in [1.82, 2.24) is 0 Å². The minimum Gasteiger partial charge on any atom is -0.462 e. The van der Waals surface area contributed by atoms with Crippen LogP contribution in [0.15, 0.2) is 29.8 Å². The number of hydrogen-bond donors (Lipinski definition) is 0. The third-order valence-corrected chi connectivity index (χ3v) is 2.87. The van der Waals surface area contributed by atoms with Gasteiger partial charge in [0.25, 0.3) is 0 Å². The molecule has 1 amide bonds. The molecule has 0 saturated carbocycles. The van der Waals surface area contributed by atoms with Gasteiger partial charge in [-0.3, -0.25) is 4.90 Å². The minimum atomic E-state index is -0.657. The van der Waals surface area contributed by atoms with E-state index in [2.05, 4.69) is 0 Å². The first-order valence-electron chi connectivity index (χ1n) is 7.53. The second-order valence-electron chi connectivity index (χ2n) is 6.02. The predicted octanol–water partition coefficient (Wildman–Crippen LogP) is 3.53. The SMILES string of the molecule is CCOC(=O)/C(C#N)=C/c1ccc(N(C)C(=O)OC(C)(C)C)cc1. The van der Waals surface area contributed by atoms with Crippen LogP contribution in [0.1, 0.15) is 33.3 Å². The first-order valence-corrected chi connectivity index (χ1v) is 7.53. The summed E-state index contributed by atoms with van der Waals surface area (Å²) in [4.78, 5) is 25.0. The van der Waals surface area contributed by atoms with Crippen LogP contribution in [-0.4, -0.2) is 31.3 Å². The zero-order valence-electron chi connectivity index (χ0n) is 14.6. The van der Waals surface area contributed by atoms with E-state index in [9.17, 15) is 9.59 Å². The van der Waals surface area contributed by atoms with E-state index < -0.39 is 17.7 Å². The fourth-order valence-electron chi connectivity index (χ4n) is 1.74. The zero-order chi connectivity index (χ0) is 18.3. The van der Waals surface area contributed by atoms with Crippen LogP contribution >= 0.6 is 0 Å². The van der Waals surface area contributed by atoms with Crippen molar-refractivity contribution in [3.63, 3.8) is 0 Å². The van der Waals surface area contributed by atoms with E-state index >= 15 is 0 Å². The molecule has 0 aliphatic carbocycles. The molecular weight excluding hydrogens is 308 g/mol. The lowest BCUT2D eigenvalue weighted by Crippen LogP contribution is -2.34. The number of carbonyl (C=O) groups is 2.